The third-order valence-electron chi connectivity index (χ3n) is 7.98. The van der Waals surface area contributed by atoms with E-state index in [0.29, 0.717) is 36.6 Å². The van der Waals surface area contributed by atoms with Gasteiger partial charge in [0.2, 0.25) is 0 Å². The third-order valence-corrected chi connectivity index (χ3v) is 7.98. The number of aromatic nitrogens is 1. The Morgan fingerprint density at radius 3 is 2.42 bits per heavy atom. The molecule has 2 atom stereocenters. The van der Waals surface area contributed by atoms with Crippen LogP contribution in [-0.4, -0.2) is 53.1 Å². The number of nitrogens with zero attached hydrogens (tertiary/aromatic N) is 3. The van der Waals surface area contributed by atoms with Gasteiger partial charge in [-0.05, 0) is 50.1 Å². The van der Waals surface area contributed by atoms with E-state index in [-0.39, 0.29) is 5.75 Å². The van der Waals surface area contributed by atoms with E-state index < -0.39 is 11.7 Å². The summed E-state index contributed by atoms with van der Waals surface area (Å²) in [4.78, 5) is 9.48. The van der Waals surface area contributed by atoms with Crippen molar-refractivity contribution in [3.8, 4) is 5.75 Å². The van der Waals surface area contributed by atoms with Gasteiger partial charge in [-0.15, -0.1) is 0 Å². The molecule has 2 aliphatic heterocycles. The summed E-state index contributed by atoms with van der Waals surface area (Å²) < 4.78 is 47.3. The number of pyridine rings is 1. The average Bonchev–Trinajstić information content (AvgIpc) is 3.50. The van der Waals surface area contributed by atoms with Gasteiger partial charge in [0.1, 0.15) is 12.4 Å². The van der Waals surface area contributed by atoms with Gasteiger partial charge < -0.3 is 10.1 Å². The van der Waals surface area contributed by atoms with Crippen LogP contribution in [0.25, 0.3) is 10.9 Å². The molecule has 0 saturated carbocycles. The van der Waals surface area contributed by atoms with Crippen molar-refractivity contribution in [3.05, 3.63) is 95.2 Å². The fourth-order valence-corrected chi connectivity index (χ4v) is 5.99. The lowest BCUT2D eigenvalue weighted by Crippen LogP contribution is -2.47. The first kappa shape index (κ1) is 26.6. The monoisotopic (exact) mass is 546 g/mol. The molecule has 0 radical (unpaired) electrons. The summed E-state index contributed by atoms with van der Waals surface area (Å²) in [6, 6.07) is 22.9. The Balaban J connectivity index is 1.11. The average molecular weight is 547 g/mol. The smallest absolute Gasteiger partial charge is 0.416 e. The van der Waals surface area contributed by atoms with E-state index in [2.05, 4.69) is 51.3 Å². The fraction of sp³-hybridized carbons (Fsp3) is 0.344. The Morgan fingerprint density at radius 2 is 1.68 bits per heavy atom. The molecule has 0 aliphatic carbocycles. The number of benzene rings is 3. The van der Waals surface area contributed by atoms with E-state index in [1.165, 1.54) is 11.1 Å². The number of para-hydroxylation sites is 1. The lowest BCUT2D eigenvalue weighted by atomic mass is 10.1. The first-order valence-corrected chi connectivity index (χ1v) is 13.7. The second-order valence-corrected chi connectivity index (χ2v) is 11.0. The summed E-state index contributed by atoms with van der Waals surface area (Å²) >= 11 is 0. The summed E-state index contributed by atoms with van der Waals surface area (Å²) in [5.41, 5.74) is 4.45. The molecule has 3 heterocycles. The van der Waals surface area contributed by atoms with Crippen molar-refractivity contribution in [2.75, 3.05) is 31.6 Å². The van der Waals surface area contributed by atoms with Gasteiger partial charge in [-0.1, -0.05) is 48.0 Å². The molecule has 1 N–H and O–H groups in total. The van der Waals surface area contributed by atoms with Gasteiger partial charge >= 0.3 is 6.18 Å². The predicted molar refractivity (Wildman–Crippen MR) is 152 cm³/mol. The molecule has 0 amide bonds. The Labute approximate surface area is 232 Å². The van der Waals surface area contributed by atoms with Crippen LogP contribution in [0.1, 0.15) is 28.8 Å². The van der Waals surface area contributed by atoms with E-state index in [4.69, 9.17) is 4.74 Å². The minimum absolute atomic E-state index is 0.206. The topological polar surface area (TPSA) is 40.6 Å². The second-order valence-electron chi connectivity index (χ2n) is 11.0. The van der Waals surface area contributed by atoms with Crippen LogP contribution in [0.4, 0.5) is 24.5 Å². The van der Waals surface area contributed by atoms with Gasteiger partial charge in [0.25, 0.3) is 0 Å². The molecule has 4 aromatic rings. The molecule has 1 unspecified atom stereocenters. The highest BCUT2D eigenvalue weighted by Gasteiger charge is 2.42. The zero-order chi connectivity index (χ0) is 27.9. The molecule has 2 bridgehead atoms. The van der Waals surface area contributed by atoms with Crippen LogP contribution in [0, 0.1) is 13.8 Å². The lowest BCUT2D eigenvalue weighted by molar-refractivity contribution is -0.137. The number of likely N-dealkylation sites (tertiary alicyclic amines) is 2. The predicted octanol–water partition coefficient (Wildman–Crippen LogP) is 6.95. The van der Waals surface area contributed by atoms with Crippen molar-refractivity contribution in [1.29, 1.82) is 0 Å². The summed E-state index contributed by atoms with van der Waals surface area (Å²) in [5, 5.41) is 4.03. The molecular formula is C32H33F3N4O. The number of fused-ring (bicyclic) bond motifs is 3. The number of halogens is 3. The molecule has 2 fully saturated rings. The van der Waals surface area contributed by atoms with Gasteiger partial charge in [-0.25, -0.2) is 0 Å². The van der Waals surface area contributed by atoms with Crippen LogP contribution >= 0.6 is 0 Å². The van der Waals surface area contributed by atoms with Crippen molar-refractivity contribution in [2.24, 2.45) is 0 Å². The normalized spacial score (nSPS) is 19.4. The van der Waals surface area contributed by atoms with Crippen molar-refractivity contribution < 1.29 is 17.9 Å². The number of rotatable bonds is 8. The standard InChI is InChI=1S/C32H33F3N4O/c1-21-7-9-23(10-8-21)18-39-20-26-17-27(39)19-38(26)11-12-40-28-15-24(32(33,34)35)14-25(16-28)37-31-13-22(2)36-30-6-4-3-5-29(30)31/h3-10,13-16,26-27H,11-12,17-20H2,1-2H3,(H,36,37)/t26?,27-/m0/s1. The van der Waals surface area contributed by atoms with Gasteiger partial charge in [0.15, 0.2) is 0 Å². The van der Waals surface area contributed by atoms with E-state index in [1.54, 1.807) is 6.07 Å². The van der Waals surface area contributed by atoms with Crippen LogP contribution in [0.2, 0.25) is 0 Å². The Kier molecular flexibility index (Phi) is 7.15. The molecule has 3 aromatic carbocycles. The molecule has 6 rings (SSSR count). The molecule has 0 spiro atoms. The largest absolute Gasteiger partial charge is 0.492 e. The maximum absolute atomic E-state index is 13.8. The maximum Gasteiger partial charge on any atom is 0.416 e. The highest BCUT2D eigenvalue weighted by molar-refractivity contribution is 5.93. The van der Waals surface area contributed by atoms with Crippen LogP contribution in [0.5, 0.6) is 5.75 Å². The molecule has 40 heavy (non-hydrogen) atoms. The van der Waals surface area contributed by atoms with Crippen LogP contribution in [0.15, 0.2) is 72.8 Å². The number of hydrogen-bond acceptors (Lipinski definition) is 5. The second kappa shape index (κ2) is 10.7. The number of aryl methyl sites for hydroxylation is 2. The van der Waals surface area contributed by atoms with Gasteiger partial charge in [0.05, 0.1) is 11.1 Å². The Morgan fingerprint density at radius 1 is 0.925 bits per heavy atom. The SMILES string of the molecule is Cc1ccc(CN2CC3C[C@H]2CN3CCOc2cc(Nc3cc(C)nc4ccccc34)cc(C(F)(F)F)c2)cc1. The molecule has 1 aromatic heterocycles. The highest BCUT2D eigenvalue weighted by atomic mass is 19.4. The zero-order valence-corrected chi connectivity index (χ0v) is 22.7. The van der Waals surface area contributed by atoms with Crippen molar-refractivity contribution in [1.82, 2.24) is 14.8 Å². The number of ether oxygens (including phenoxy) is 1. The number of nitrogens with one attached hydrogen (secondary N) is 1. The van der Waals surface area contributed by atoms with Gasteiger partial charge in [0, 0.05) is 66.8 Å². The minimum Gasteiger partial charge on any atom is -0.492 e. The summed E-state index contributed by atoms with van der Waals surface area (Å²) in [6.07, 6.45) is -3.36. The van der Waals surface area contributed by atoms with Crippen molar-refractivity contribution in [3.63, 3.8) is 0 Å². The van der Waals surface area contributed by atoms with Crippen LogP contribution < -0.4 is 10.1 Å². The highest BCUT2D eigenvalue weighted by Crippen LogP contribution is 2.36. The van der Waals surface area contributed by atoms with Gasteiger partial charge in [-0.3, -0.25) is 14.8 Å². The first-order valence-electron chi connectivity index (χ1n) is 13.7. The quantitative estimate of drug-likeness (QED) is 0.259. The van der Waals surface area contributed by atoms with Crippen LogP contribution in [-0.2, 0) is 12.7 Å². The number of hydrogen-bond donors (Lipinski definition) is 1. The molecule has 2 saturated heterocycles. The maximum atomic E-state index is 13.8. The van der Waals surface area contributed by atoms with Gasteiger partial charge in [-0.2, -0.15) is 13.2 Å². The van der Waals surface area contributed by atoms with E-state index in [0.717, 1.165) is 54.8 Å². The number of anilines is 2. The first-order chi connectivity index (χ1) is 19.2. The molecule has 208 valence electrons. The summed E-state index contributed by atoms with van der Waals surface area (Å²) in [6.45, 7) is 7.91. The Bertz CT molecular complexity index is 1500. The summed E-state index contributed by atoms with van der Waals surface area (Å²) in [7, 11) is 0. The molecular weight excluding hydrogens is 513 g/mol. The van der Waals surface area contributed by atoms with E-state index >= 15 is 0 Å². The van der Waals surface area contributed by atoms with Crippen LogP contribution in [0.3, 0.4) is 0 Å². The third kappa shape index (κ3) is 5.78. The molecule has 5 nitrogen and oxygen atoms in total. The van der Waals surface area contributed by atoms with Crippen molar-refractivity contribution in [2.45, 2.75) is 45.1 Å². The lowest BCUT2D eigenvalue weighted by Gasteiger charge is -2.34. The number of alkyl halides is 3. The van der Waals surface area contributed by atoms with Crippen molar-refractivity contribution >= 4 is 22.3 Å². The van der Waals surface area contributed by atoms with E-state index in [9.17, 15) is 13.2 Å². The fourth-order valence-electron chi connectivity index (χ4n) is 5.99. The minimum atomic E-state index is -4.49. The van der Waals surface area contributed by atoms with E-state index in [1.807, 2.05) is 37.3 Å². The molecule has 8 heteroatoms. The number of piperazine rings is 1. The molecule has 2 aliphatic rings. The summed E-state index contributed by atoms with van der Waals surface area (Å²) in [5.74, 6) is 0.206. The Hall–Kier alpha value is -3.62. The zero-order valence-electron chi connectivity index (χ0n) is 22.7.